The average Bonchev–Trinajstić information content (AvgIpc) is 2.62. The summed E-state index contributed by atoms with van der Waals surface area (Å²) in [5.41, 5.74) is 9.30. The van der Waals surface area contributed by atoms with Crippen LogP contribution in [0.5, 0.6) is 0 Å². The highest BCUT2D eigenvalue weighted by atomic mass is 35.5. The second-order valence-corrected chi connectivity index (χ2v) is 5.59. The lowest BCUT2D eigenvalue weighted by Crippen LogP contribution is -2.12. The maximum atomic E-state index is 12.2. The molecule has 0 aromatic heterocycles. The molecule has 0 aliphatic rings. The minimum atomic E-state index is -0.194. The Morgan fingerprint density at radius 3 is 2.00 bits per heavy atom. The molecule has 0 bridgehead atoms. The van der Waals surface area contributed by atoms with Gasteiger partial charge < -0.3 is 16.2 Å². The number of amides is 1. The summed E-state index contributed by atoms with van der Waals surface area (Å²) in [5.74, 6) is -0.194. The van der Waals surface area contributed by atoms with Gasteiger partial charge in [-0.25, -0.2) is 0 Å². The van der Waals surface area contributed by atoms with Crippen LogP contribution in [0, 0.1) is 0 Å². The number of rotatable bonds is 5. The third-order valence-electron chi connectivity index (χ3n) is 3.35. The number of benzene rings is 3. The molecule has 4 nitrogen and oxygen atoms in total. The Balaban J connectivity index is 1.59. The molecule has 3 N–H and O–H groups in total. The number of para-hydroxylation sites is 1. The van der Waals surface area contributed by atoms with Gasteiger partial charge in [-0.3, -0.25) is 4.79 Å². The molecule has 3 rings (SSSR count). The van der Waals surface area contributed by atoms with Crippen LogP contribution in [0.3, 0.4) is 0 Å². The first-order chi connectivity index (χ1) is 11.7. The second kappa shape index (κ2) is 7.53. The van der Waals surface area contributed by atoms with Crippen molar-refractivity contribution in [2.75, 3.05) is 16.2 Å². The van der Waals surface area contributed by atoms with Gasteiger partial charge in [-0.1, -0.05) is 35.9 Å². The normalized spacial score (nSPS) is 10.0. The Bertz CT molecular complexity index is 820. The van der Waals surface area contributed by atoms with Crippen molar-refractivity contribution in [2.24, 2.45) is 0 Å². The van der Waals surface area contributed by atoms with Crippen molar-refractivity contribution in [3.05, 3.63) is 89.4 Å². The summed E-state index contributed by atoms with van der Waals surface area (Å²) in [6.07, 6.45) is 0. The van der Waals surface area contributed by atoms with Crippen LogP contribution in [0.2, 0.25) is 5.02 Å². The van der Waals surface area contributed by atoms with E-state index < -0.39 is 0 Å². The molecule has 3 aromatic rings. The summed E-state index contributed by atoms with van der Waals surface area (Å²) in [7, 11) is 0. The molecule has 0 fully saturated rings. The van der Waals surface area contributed by atoms with Crippen molar-refractivity contribution in [3.8, 4) is 0 Å². The number of halogens is 1. The van der Waals surface area contributed by atoms with Crippen molar-refractivity contribution < 1.29 is 4.79 Å². The highest BCUT2D eigenvalue weighted by Gasteiger charge is 2.06. The van der Waals surface area contributed by atoms with Gasteiger partial charge >= 0.3 is 0 Å². The molecule has 1 amide bonds. The summed E-state index contributed by atoms with van der Waals surface area (Å²) in [5, 5.41) is 3.38. The van der Waals surface area contributed by atoms with Crippen molar-refractivity contribution in [1.82, 2.24) is 0 Å². The van der Waals surface area contributed by atoms with Crippen molar-refractivity contribution in [2.45, 2.75) is 0 Å². The maximum absolute atomic E-state index is 12.2. The number of anilines is 3. The lowest BCUT2D eigenvalue weighted by Gasteiger charge is -2.11. The van der Waals surface area contributed by atoms with E-state index in [4.69, 9.17) is 11.6 Å². The summed E-state index contributed by atoms with van der Waals surface area (Å²) < 4.78 is 0. The minimum Gasteiger partial charge on any atom is -0.322 e. The Labute approximate surface area is 145 Å². The quantitative estimate of drug-likeness (QED) is 0.572. The molecule has 0 saturated heterocycles. The standard InChI is InChI=1S/C19H16ClN3O/c20-15-6-4-5-14(13-15)19(24)21-16-9-11-18(12-10-16)23-22-17-7-2-1-3-8-17/h1-13,22-23H,(H,21,24). The zero-order valence-corrected chi connectivity index (χ0v) is 13.5. The van der Waals surface area contributed by atoms with Crippen LogP contribution < -0.4 is 16.2 Å². The molecule has 0 atom stereocenters. The van der Waals surface area contributed by atoms with E-state index >= 15 is 0 Å². The zero-order valence-electron chi connectivity index (χ0n) is 12.8. The highest BCUT2D eigenvalue weighted by Crippen LogP contribution is 2.16. The number of hydrogen-bond donors (Lipinski definition) is 3. The lowest BCUT2D eigenvalue weighted by molar-refractivity contribution is 0.102. The minimum absolute atomic E-state index is 0.194. The van der Waals surface area contributed by atoms with E-state index in [9.17, 15) is 4.79 Å². The van der Waals surface area contributed by atoms with Crippen molar-refractivity contribution >= 4 is 34.6 Å². The molecule has 0 spiro atoms. The monoisotopic (exact) mass is 337 g/mol. The van der Waals surface area contributed by atoms with E-state index in [0.29, 0.717) is 16.3 Å². The first kappa shape index (κ1) is 15.9. The fraction of sp³-hybridized carbons (Fsp3) is 0. The predicted molar refractivity (Wildman–Crippen MR) is 99.5 cm³/mol. The molecule has 3 aromatic carbocycles. The number of carbonyl (C=O) groups excluding carboxylic acids is 1. The topological polar surface area (TPSA) is 53.2 Å². The summed E-state index contributed by atoms with van der Waals surface area (Å²) in [4.78, 5) is 12.2. The molecule has 0 aliphatic carbocycles. The van der Waals surface area contributed by atoms with Crippen LogP contribution in [0.4, 0.5) is 17.1 Å². The van der Waals surface area contributed by atoms with E-state index in [-0.39, 0.29) is 5.91 Å². The van der Waals surface area contributed by atoms with Gasteiger partial charge in [0, 0.05) is 16.3 Å². The number of carbonyl (C=O) groups is 1. The number of hydrogen-bond acceptors (Lipinski definition) is 3. The van der Waals surface area contributed by atoms with Crippen LogP contribution in [0.1, 0.15) is 10.4 Å². The molecule has 0 unspecified atom stereocenters. The van der Waals surface area contributed by atoms with Crippen LogP contribution in [0.25, 0.3) is 0 Å². The predicted octanol–water partition coefficient (Wildman–Crippen LogP) is 5.03. The van der Waals surface area contributed by atoms with Gasteiger partial charge in [-0.05, 0) is 54.6 Å². The molecule has 0 heterocycles. The summed E-state index contributed by atoms with van der Waals surface area (Å²) in [6.45, 7) is 0. The lowest BCUT2D eigenvalue weighted by atomic mass is 10.2. The van der Waals surface area contributed by atoms with Gasteiger partial charge in [0.05, 0.1) is 11.4 Å². The molecule has 0 aliphatic heterocycles. The Morgan fingerprint density at radius 1 is 0.708 bits per heavy atom. The molecule has 5 heteroatoms. The molecular formula is C19H16ClN3O. The smallest absolute Gasteiger partial charge is 0.255 e. The van der Waals surface area contributed by atoms with Crippen LogP contribution in [-0.2, 0) is 0 Å². The largest absolute Gasteiger partial charge is 0.322 e. The Kier molecular flexibility index (Phi) is 4.99. The first-order valence-corrected chi connectivity index (χ1v) is 7.82. The van der Waals surface area contributed by atoms with E-state index in [1.54, 1.807) is 24.3 Å². The summed E-state index contributed by atoms with van der Waals surface area (Å²) >= 11 is 5.90. The highest BCUT2D eigenvalue weighted by molar-refractivity contribution is 6.31. The molecule has 120 valence electrons. The number of hydrazine groups is 1. The third-order valence-corrected chi connectivity index (χ3v) is 3.59. The molecule has 24 heavy (non-hydrogen) atoms. The third kappa shape index (κ3) is 4.27. The van der Waals surface area contributed by atoms with Gasteiger partial charge in [-0.15, -0.1) is 0 Å². The number of nitrogens with one attached hydrogen (secondary N) is 3. The van der Waals surface area contributed by atoms with Crippen LogP contribution in [0.15, 0.2) is 78.9 Å². The van der Waals surface area contributed by atoms with E-state index in [2.05, 4.69) is 16.2 Å². The van der Waals surface area contributed by atoms with E-state index in [1.807, 2.05) is 54.6 Å². The van der Waals surface area contributed by atoms with Gasteiger partial charge in [0.2, 0.25) is 0 Å². The average molecular weight is 338 g/mol. The van der Waals surface area contributed by atoms with Crippen LogP contribution >= 0.6 is 11.6 Å². The fourth-order valence-electron chi connectivity index (χ4n) is 2.14. The van der Waals surface area contributed by atoms with E-state index in [1.165, 1.54) is 0 Å². The SMILES string of the molecule is O=C(Nc1ccc(NNc2ccccc2)cc1)c1cccc(Cl)c1. The maximum Gasteiger partial charge on any atom is 0.255 e. The summed E-state index contributed by atoms with van der Waals surface area (Å²) in [6, 6.07) is 24.1. The zero-order chi connectivity index (χ0) is 16.8. The van der Waals surface area contributed by atoms with Crippen molar-refractivity contribution in [1.29, 1.82) is 0 Å². The van der Waals surface area contributed by atoms with Gasteiger partial charge in [-0.2, -0.15) is 0 Å². The second-order valence-electron chi connectivity index (χ2n) is 5.16. The Hall–Kier alpha value is -2.98. The van der Waals surface area contributed by atoms with Gasteiger partial charge in [0.15, 0.2) is 0 Å². The Morgan fingerprint density at radius 2 is 1.33 bits per heavy atom. The fourth-order valence-corrected chi connectivity index (χ4v) is 2.33. The van der Waals surface area contributed by atoms with Crippen LogP contribution in [-0.4, -0.2) is 5.91 Å². The van der Waals surface area contributed by atoms with E-state index in [0.717, 1.165) is 11.4 Å². The first-order valence-electron chi connectivity index (χ1n) is 7.45. The molecular weight excluding hydrogens is 322 g/mol. The molecule has 0 saturated carbocycles. The molecule has 0 radical (unpaired) electrons. The van der Waals surface area contributed by atoms with Gasteiger partial charge in [0.1, 0.15) is 0 Å². The van der Waals surface area contributed by atoms with Crippen molar-refractivity contribution in [3.63, 3.8) is 0 Å². The van der Waals surface area contributed by atoms with Gasteiger partial charge in [0.25, 0.3) is 5.91 Å².